The topological polar surface area (TPSA) is 23.6 Å². The van der Waals surface area contributed by atoms with Gasteiger partial charge in [0.1, 0.15) is 0 Å². The third-order valence-electron chi connectivity index (χ3n) is 6.93. The van der Waals surface area contributed by atoms with Gasteiger partial charge >= 0.3 is 0 Å². The Morgan fingerprint density at radius 1 is 1.04 bits per heavy atom. The van der Waals surface area contributed by atoms with Gasteiger partial charge in [0.25, 0.3) is 0 Å². The summed E-state index contributed by atoms with van der Waals surface area (Å²) in [7, 11) is 0. The van der Waals surface area contributed by atoms with Crippen LogP contribution in [0.15, 0.2) is 54.6 Å². The van der Waals surface area contributed by atoms with E-state index in [1.165, 1.54) is 16.7 Å². The molecule has 0 aliphatic carbocycles. The van der Waals surface area contributed by atoms with Crippen LogP contribution in [0, 0.1) is 11.8 Å². The number of carbonyl (C=O) groups excluding carboxylic acids is 1. The van der Waals surface area contributed by atoms with Crippen LogP contribution in [0.4, 0.5) is 0 Å². The van der Waals surface area contributed by atoms with Crippen molar-refractivity contribution in [2.24, 2.45) is 11.8 Å². The van der Waals surface area contributed by atoms with E-state index in [4.69, 9.17) is 0 Å². The van der Waals surface area contributed by atoms with Gasteiger partial charge < -0.3 is 4.90 Å². The van der Waals surface area contributed by atoms with Crippen molar-refractivity contribution in [2.45, 2.75) is 51.4 Å². The summed E-state index contributed by atoms with van der Waals surface area (Å²) in [6, 6.07) is 20.1. The third-order valence-corrected chi connectivity index (χ3v) is 6.93. The molecule has 0 aromatic heterocycles. The van der Waals surface area contributed by atoms with Crippen molar-refractivity contribution in [1.82, 2.24) is 9.80 Å². The SMILES string of the molecule is CC(C)[C@H]1[C@@H]2C[C@H]3c4ccccc4CCN3[C@@H]2C(=O)N1Cc1ccccc1. The lowest BCUT2D eigenvalue weighted by Crippen LogP contribution is -2.44. The van der Waals surface area contributed by atoms with E-state index in [1.54, 1.807) is 0 Å². The fourth-order valence-corrected chi connectivity index (χ4v) is 5.92. The summed E-state index contributed by atoms with van der Waals surface area (Å²) in [5.74, 6) is 1.27. The third kappa shape index (κ3) is 2.63. The molecule has 1 amide bonds. The summed E-state index contributed by atoms with van der Waals surface area (Å²) >= 11 is 0. The number of amides is 1. The first-order valence-corrected chi connectivity index (χ1v) is 10.3. The van der Waals surface area contributed by atoms with Crippen molar-refractivity contribution in [3.05, 3.63) is 71.3 Å². The molecule has 3 nitrogen and oxygen atoms in total. The smallest absolute Gasteiger partial charge is 0.240 e. The van der Waals surface area contributed by atoms with E-state index in [1.807, 2.05) is 6.07 Å². The average molecular weight is 361 g/mol. The number of carbonyl (C=O) groups is 1. The Bertz CT molecular complexity index is 846. The Kier molecular flexibility index (Phi) is 4.08. The molecule has 140 valence electrons. The maximum Gasteiger partial charge on any atom is 0.240 e. The van der Waals surface area contributed by atoms with Crippen LogP contribution >= 0.6 is 0 Å². The number of nitrogens with zero attached hydrogens (tertiary/aromatic N) is 2. The number of hydrogen-bond donors (Lipinski definition) is 0. The molecule has 27 heavy (non-hydrogen) atoms. The van der Waals surface area contributed by atoms with Gasteiger partial charge in [0.15, 0.2) is 0 Å². The van der Waals surface area contributed by atoms with E-state index < -0.39 is 0 Å². The van der Waals surface area contributed by atoms with Gasteiger partial charge in [-0.3, -0.25) is 9.69 Å². The van der Waals surface area contributed by atoms with Crippen molar-refractivity contribution in [3.63, 3.8) is 0 Å². The van der Waals surface area contributed by atoms with Crippen LogP contribution < -0.4 is 0 Å². The van der Waals surface area contributed by atoms with Crippen LogP contribution in [-0.2, 0) is 17.8 Å². The molecular weight excluding hydrogens is 332 g/mol. The summed E-state index contributed by atoms with van der Waals surface area (Å²) in [5.41, 5.74) is 4.17. The summed E-state index contributed by atoms with van der Waals surface area (Å²) in [5, 5.41) is 0. The first kappa shape index (κ1) is 17.0. The molecule has 0 saturated carbocycles. The van der Waals surface area contributed by atoms with Gasteiger partial charge in [0.2, 0.25) is 5.91 Å². The number of benzene rings is 2. The van der Waals surface area contributed by atoms with Crippen LogP contribution in [0.5, 0.6) is 0 Å². The zero-order chi connectivity index (χ0) is 18.5. The highest BCUT2D eigenvalue weighted by molar-refractivity contribution is 5.86. The lowest BCUT2D eigenvalue weighted by Gasteiger charge is -2.36. The second-order valence-electron chi connectivity index (χ2n) is 8.73. The summed E-state index contributed by atoms with van der Waals surface area (Å²) < 4.78 is 0. The fourth-order valence-electron chi connectivity index (χ4n) is 5.92. The van der Waals surface area contributed by atoms with Crippen molar-refractivity contribution < 1.29 is 4.79 Å². The van der Waals surface area contributed by atoms with Crippen LogP contribution in [0.2, 0.25) is 0 Å². The average Bonchev–Trinajstić information content (AvgIpc) is 3.18. The van der Waals surface area contributed by atoms with Crippen molar-refractivity contribution in [3.8, 4) is 0 Å². The molecule has 2 aromatic carbocycles. The second kappa shape index (κ2) is 6.49. The van der Waals surface area contributed by atoms with E-state index in [-0.39, 0.29) is 6.04 Å². The maximum atomic E-state index is 13.6. The van der Waals surface area contributed by atoms with E-state index in [0.29, 0.717) is 29.8 Å². The molecule has 2 fully saturated rings. The first-order valence-electron chi connectivity index (χ1n) is 10.3. The molecule has 3 heteroatoms. The molecule has 0 unspecified atom stereocenters. The van der Waals surface area contributed by atoms with Gasteiger partial charge in [-0.05, 0) is 35.4 Å². The molecule has 2 saturated heterocycles. The Morgan fingerprint density at radius 3 is 2.56 bits per heavy atom. The van der Waals surface area contributed by atoms with Gasteiger partial charge in [-0.15, -0.1) is 0 Å². The lowest BCUT2D eigenvalue weighted by atomic mass is 9.85. The molecule has 2 aromatic rings. The van der Waals surface area contributed by atoms with Crippen molar-refractivity contribution in [2.75, 3.05) is 6.54 Å². The minimum atomic E-state index is 0.0690. The first-order chi connectivity index (χ1) is 13.1. The Balaban J connectivity index is 1.47. The monoisotopic (exact) mass is 360 g/mol. The quantitative estimate of drug-likeness (QED) is 0.825. The number of fused-ring (bicyclic) bond motifs is 5. The van der Waals surface area contributed by atoms with Gasteiger partial charge in [0, 0.05) is 31.1 Å². The predicted molar refractivity (Wildman–Crippen MR) is 107 cm³/mol. The summed E-state index contributed by atoms with van der Waals surface area (Å²) in [6.07, 6.45) is 2.18. The molecule has 0 bridgehead atoms. The van der Waals surface area contributed by atoms with E-state index >= 15 is 0 Å². The normalized spacial score (nSPS) is 29.7. The van der Waals surface area contributed by atoms with Crippen molar-refractivity contribution in [1.29, 1.82) is 0 Å². The molecule has 3 aliphatic rings. The molecule has 5 rings (SSSR count). The zero-order valence-corrected chi connectivity index (χ0v) is 16.2. The fraction of sp³-hybridized carbons (Fsp3) is 0.458. The van der Waals surface area contributed by atoms with Gasteiger partial charge in [-0.1, -0.05) is 68.4 Å². The number of rotatable bonds is 3. The molecule has 0 radical (unpaired) electrons. The van der Waals surface area contributed by atoms with Crippen molar-refractivity contribution >= 4 is 5.91 Å². The Morgan fingerprint density at radius 2 is 1.78 bits per heavy atom. The molecule has 0 N–H and O–H groups in total. The Hall–Kier alpha value is -2.13. The summed E-state index contributed by atoms with van der Waals surface area (Å²) in [4.78, 5) is 18.3. The van der Waals surface area contributed by atoms with E-state index in [2.05, 4.69) is 72.2 Å². The van der Waals surface area contributed by atoms with E-state index in [9.17, 15) is 4.79 Å². The van der Waals surface area contributed by atoms with E-state index in [0.717, 1.165) is 25.9 Å². The van der Waals surface area contributed by atoms with Gasteiger partial charge in [-0.2, -0.15) is 0 Å². The maximum absolute atomic E-state index is 13.6. The molecular formula is C24H28N2O. The zero-order valence-electron chi connectivity index (χ0n) is 16.2. The Labute approximate surface area is 162 Å². The van der Waals surface area contributed by atoms with Crippen LogP contribution in [0.1, 0.15) is 43.0 Å². The predicted octanol–water partition coefficient (Wildman–Crippen LogP) is 4.04. The standard InChI is InChI=1S/C24H28N2O/c1-16(2)22-20-14-21-19-11-7-6-10-18(19)12-13-25(21)23(20)24(27)26(22)15-17-8-4-3-5-9-17/h3-11,16,20-23H,12-15H2,1-2H3/t20-,21-,22-,23-/m0/s1. The number of hydrogen-bond acceptors (Lipinski definition) is 2. The highest BCUT2D eigenvalue weighted by atomic mass is 16.2. The highest BCUT2D eigenvalue weighted by Crippen LogP contribution is 2.50. The number of likely N-dealkylation sites (tertiary alicyclic amines) is 1. The highest BCUT2D eigenvalue weighted by Gasteiger charge is 2.58. The van der Waals surface area contributed by atoms with Gasteiger partial charge in [0.05, 0.1) is 6.04 Å². The van der Waals surface area contributed by atoms with Crippen LogP contribution in [-0.4, -0.2) is 34.3 Å². The molecule has 3 aliphatic heterocycles. The summed E-state index contributed by atoms with van der Waals surface area (Å²) in [6.45, 7) is 6.32. The van der Waals surface area contributed by atoms with Gasteiger partial charge in [-0.25, -0.2) is 0 Å². The van der Waals surface area contributed by atoms with Crippen LogP contribution in [0.25, 0.3) is 0 Å². The lowest BCUT2D eigenvalue weighted by molar-refractivity contribution is -0.134. The molecule has 0 spiro atoms. The minimum Gasteiger partial charge on any atom is -0.333 e. The second-order valence-corrected chi connectivity index (χ2v) is 8.73. The minimum absolute atomic E-state index is 0.0690. The van der Waals surface area contributed by atoms with Crippen LogP contribution in [0.3, 0.4) is 0 Å². The largest absolute Gasteiger partial charge is 0.333 e. The molecule has 4 atom stereocenters. The molecule has 3 heterocycles.